The third kappa shape index (κ3) is 5.33. The number of aromatic nitrogens is 2. The fourth-order valence-electron chi connectivity index (χ4n) is 2.95. The molecule has 0 bridgehead atoms. The normalized spacial score (nSPS) is 13.8. The van der Waals surface area contributed by atoms with E-state index in [1.54, 1.807) is 0 Å². The molecule has 28 heavy (non-hydrogen) atoms. The Bertz CT molecular complexity index is 774. The molecule has 4 nitrogen and oxygen atoms in total. The summed E-state index contributed by atoms with van der Waals surface area (Å²) in [6.45, 7) is 5.58. The van der Waals surface area contributed by atoms with Gasteiger partial charge in [0.25, 0.3) is 12.9 Å². The van der Waals surface area contributed by atoms with E-state index in [-0.39, 0.29) is 6.04 Å². The molecule has 1 amide bonds. The van der Waals surface area contributed by atoms with Crippen LogP contribution in [0.3, 0.4) is 0 Å². The van der Waals surface area contributed by atoms with Crippen molar-refractivity contribution in [2.75, 3.05) is 0 Å². The van der Waals surface area contributed by atoms with Gasteiger partial charge in [-0.1, -0.05) is 45.0 Å². The van der Waals surface area contributed by atoms with E-state index >= 15 is 0 Å². The van der Waals surface area contributed by atoms with Gasteiger partial charge in [0.2, 0.25) is 5.91 Å². The Morgan fingerprint density at radius 1 is 1.04 bits per heavy atom. The molecule has 2 atom stereocenters. The number of alkyl halides is 4. The molecule has 0 saturated heterocycles. The Kier molecular flexibility index (Phi) is 7.60. The number of halogens is 4. The zero-order chi connectivity index (χ0) is 20.8. The lowest BCUT2D eigenvalue weighted by Gasteiger charge is -2.19. The van der Waals surface area contributed by atoms with Gasteiger partial charge in [-0.3, -0.25) is 9.48 Å². The zero-order valence-corrected chi connectivity index (χ0v) is 16.1. The Morgan fingerprint density at radius 2 is 1.64 bits per heavy atom. The van der Waals surface area contributed by atoms with E-state index in [9.17, 15) is 22.4 Å². The summed E-state index contributed by atoms with van der Waals surface area (Å²) in [6, 6.07) is 8.21. The molecule has 1 heterocycles. The second-order valence-electron chi connectivity index (χ2n) is 6.76. The second-order valence-corrected chi connectivity index (χ2v) is 6.76. The number of carbonyl (C=O) groups is 1. The number of hydrogen-bond acceptors (Lipinski definition) is 2. The van der Waals surface area contributed by atoms with Gasteiger partial charge in [-0.05, 0) is 36.0 Å². The first-order valence-electron chi connectivity index (χ1n) is 9.29. The maximum atomic E-state index is 13.0. The standard InChI is InChI=1S/C20H25F4N3O/c1-4-12(3)13-6-8-14(9-7-13)15(5-2)25-18(28)11-27-17(20(23)24)10-16(26-27)19(21)22/h6-10,12,15,19-20H,4-5,11H2,1-3H3,(H,25,28). The highest BCUT2D eigenvalue weighted by atomic mass is 19.3. The van der Waals surface area contributed by atoms with Crippen LogP contribution in [0.2, 0.25) is 0 Å². The van der Waals surface area contributed by atoms with Crippen molar-refractivity contribution in [1.82, 2.24) is 15.1 Å². The van der Waals surface area contributed by atoms with Gasteiger partial charge in [-0.15, -0.1) is 0 Å². The molecule has 2 aromatic rings. The number of rotatable bonds is 9. The largest absolute Gasteiger partial charge is 0.348 e. The average molecular weight is 399 g/mol. The maximum Gasteiger partial charge on any atom is 0.282 e. The van der Waals surface area contributed by atoms with Gasteiger partial charge < -0.3 is 5.32 Å². The van der Waals surface area contributed by atoms with E-state index in [0.717, 1.165) is 12.0 Å². The summed E-state index contributed by atoms with van der Waals surface area (Å²) < 4.78 is 52.2. The molecule has 0 aliphatic heterocycles. The van der Waals surface area contributed by atoms with Gasteiger partial charge in [0.05, 0.1) is 6.04 Å². The van der Waals surface area contributed by atoms with Crippen molar-refractivity contribution in [3.63, 3.8) is 0 Å². The van der Waals surface area contributed by atoms with Crippen LogP contribution < -0.4 is 5.32 Å². The SMILES string of the molecule is CCC(C)c1ccc(C(CC)NC(=O)Cn2nc(C(F)F)cc2C(F)F)cc1. The minimum absolute atomic E-state index is 0.307. The Labute approximate surface area is 161 Å². The summed E-state index contributed by atoms with van der Waals surface area (Å²) in [7, 11) is 0. The molecule has 0 aliphatic rings. The van der Waals surface area contributed by atoms with Crippen LogP contribution >= 0.6 is 0 Å². The van der Waals surface area contributed by atoms with Crippen molar-refractivity contribution >= 4 is 5.91 Å². The smallest absolute Gasteiger partial charge is 0.282 e. The number of amides is 1. The molecule has 1 aromatic heterocycles. The van der Waals surface area contributed by atoms with Crippen molar-refractivity contribution in [3.8, 4) is 0 Å². The Hall–Kier alpha value is -2.38. The Balaban J connectivity index is 2.10. The molecule has 0 aliphatic carbocycles. The molecule has 0 radical (unpaired) electrons. The number of benzene rings is 1. The van der Waals surface area contributed by atoms with Crippen molar-refractivity contribution in [1.29, 1.82) is 0 Å². The fraction of sp³-hybridized carbons (Fsp3) is 0.500. The monoisotopic (exact) mass is 399 g/mol. The van der Waals surface area contributed by atoms with E-state index in [1.165, 1.54) is 5.56 Å². The minimum Gasteiger partial charge on any atom is -0.348 e. The first-order chi connectivity index (χ1) is 13.3. The third-order valence-corrected chi connectivity index (χ3v) is 4.83. The predicted molar refractivity (Wildman–Crippen MR) is 98.5 cm³/mol. The quantitative estimate of drug-likeness (QED) is 0.563. The van der Waals surface area contributed by atoms with Crippen LogP contribution in [0.25, 0.3) is 0 Å². The summed E-state index contributed by atoms with van der Waals surface area (Å²) in [6.07, 6.45) is -4.36. The molecule has 2 rings (SSSR count). The molecular weight excluding hydrogens is 374 g/mol. The van der Waals surface area contributed by atoms with E-state index in [0.29, 0.717) is 23.1 Å². The van der Waals surface area contributed by atoms with E-state index in [4.69, 9.17) is 0 Å². The second kappa shape index (κ2) is 9.71. The molecule has 154 valence electrons. The Morgan fingerprint density at radius 3 is 2.14 bits per heavy atom. The molecular formula is C20H25F4N3O. The van der Waals surface area contributed by atoms with Crippen LogP contribution in [-0.4, -0.2) is 15.7 Å². The summed E-state index contributed by atoms with van der Waals surface area (Å²) in [5.74, 6) is -0.135. The van der Waals surface area contributed by atoms with Gasteiger partial charge >= 0.3 is 0 Å². The first-order valence-corrected chi connectivity index (χ1v) is 9.29. The molecule has 8 heteroatoms. The summed E-state index contributed by atoms with van der Waals surface area (Å²) in [5.41, 5.74) is 0.628. The molecule has 0 fully saturated rings. The molecule has 0 spiro atoms. The summed E-state index contributed by atoms with van der Waals surface area (Å²) >= 11 is 0. The van der Waals surface area contributed by atoms with Gasteiger partial charge in [0.15, 0.2) is 0 Å². The van der Waals surface area contributed by atoms with E-state index < -0.39 is 36.7 Å². The van der Waals surface area contributed by atoms with Crippen LogP contribution in [0.4, 0.5) is 17.6 Å². The average Bonchev–Trinajstić information content (AvgIpc) is 3.10. The van der Waals surface area contributed by atoms with Crippen LogP contribution in [0.15, 0.2) is 30.3 Å². The first kappa shape index (κ1) is 21.9. The van der Waals surface area contributed by atoms with Gasteiger partial charge in [-0.25, -0.2) is 17.6 Å². The van der Waals surface area contributed by atoms with Crippen molar-refractivity contribution in [3.05, 3.63) is 52.8 Å². The fourth-order valence-corrected chi connectivity index (χ4v) is 2.95. The topological polar surface area (TPSA) is 46.9 Å². The highest BCUT2D eigenvalue weighted by Gasteiger charge is 2.23. The van der Waals surface area contributed by atoms with Crippen molar-refractivity contribution < 1.29 is 22.4 Å². The summed E-state index contributed by atoms with van der Waals surface area (Å²) in [5, 5.41) is 6.21. The van der Waals surface area contributed by atoms with Gasteiger partial charge in [-0.2, -0.15) is 5.10 Å². The lowest BCUT2D eigenvalue weighted by Crippen LogP contribution is -2.32. The van der Waals surface area contributed by atoms with Crippen LogP contribution in [0.5, 0.6) is 0 Å². The predicted octanol–water partition coefficient (Wildman–Crippen LogP) is 5.54. The number of nitrogens with one attached hydrogen (secondary N) is 1. The van der Waals surface area contributed by atoms with E-state index in [2.05, 4.69) is 24.3 Å². The minimum atomic E-state index is -3.00. The number of hydrogen-bond donors (Lipinski definition) is 1. The molecule has 2 unspecified atom stereocenters. The lowest BCUT2D eigenvalue weighted by molar-refractivity contribution is -0.122. The lowest BCUT2D eigenvalue weighted by atomic mass is 9.95. The van der Waals surface area contributed by atoms with Crippen molar-refractivity contribution in [2.45, 2.75) is 65.0 Å². The van der Waals surface area contributed by atoms with Crippen LogP contribution in [0.1, 0.15) is 80.9 Å². The molecule has 0 saturated carbocycles. The molecule has 1 aromatic carbocycles. The molecule has 1 N–H and O–H groups in total. The third-order valence-electron chi connectivity index (χ3n) is 4.83. The summed E-state index contributed by atoms with van der Waals surface area (Å²) in [4.78, 5) is 12.3. The number of nitrogens with zero attached hydrogens (tertiary/aromatic N) is 2. The van der Waals surface area contributed by atoms with Crippen LogP contribution in [-0.2, 0) is 11.3 Å². The van der Waals surface area contributed by atoms with Crippen LogP contribution in [0, 0.1) is 0 Å². The van der Waals surface area contributed by atoms with Gasteiger partial charge in [0.1, 0.15) is 17.9 Å². The highest BCUT2D eigenvalue weighted by molar-refractivity contribution is 5.76. The van der Waals surface area contributed by atoms with Crippen molar-refractivity contribution in [2.24, 2.45) is 0 Å². The van der Waals surface area contributed by atoms with Gasteiger partial charge in [0, 0.05) is 0 Å². The van der Waals surface area contributed by atoms with E-state index in [1.807, 2.05) is 31.2 Å². The highest BCUT2D eigenvalue weighted by Crippen LogP contribution is 2.26. The number of carbonyl (C=O) groups excluding carboxylic acids is 1. The maximum absolute atomic E-state index is 13.0. The zero-order valence-electron chi connectivity index (χ0n) is 16.1.